The number of rotatable bonds is 11. The highest BCUT2D eigenvalue weighted by atomic mass is 16.5. The van der Waals surface area contributed by atoms with E-state index in [0.29, 0.717) is 53.9 Å². The maximum absolute atomic E-state index is 13.3. The zero-order valence-corrected chi connectivity index (χ0v) is 22.8. The summed E-state index contributed by atoms with van der Waals surface area (Å²) < 4.78 is 16.7. The molecule has 0 radical (unpaired) electrons. The molecule has 1 N–H and O–H groups in total. The van der Waals surface area contributed by atoms with Gasteiger partial charge in [-0.25, -0.2) is 0 Å². The van der Waals surface area contributed by atoms with Gasteiger partial charge in [0.15, 0.2) is 11.5 Å². The zero-order valence-electron chi connectivity index (χ0n) is 22.8. The van der Waals surface area contributed by atoms with E-state index in [-0.39, 0.29) is 11.3 Å². The van der Waals surface area contributed by atoms with E-state index < -0.39 is 17.7 Å². The maximum atomic E-state index is 13.3. The van der Waals surface area contributed by atoms with Crippen molar-refractivity contribution >= 4 is 17.4 Å². The largest absolute Gasteiger partial charge is 0.507 e. The second-order valence-corrected chi connectivity index (χ2v) is 9.95. The number of hydrogen-bond donors (Lipinski definition) is 1. The van der Waals surface area contributed by atoms with E-state index >= 15 is 0 Å². The van der Waals surface area contributed by atoms with Crippen LogP contribution in [0.15, 0.2) is 42.0 Å². The van der Waals surface area contributed by atoms with Crippen molar-refractivity contribution in [2.45, 2.75) is 33.2 Å². The van der Waals surface area contributed by atoms with Crippen LogP contribution in [0.25, 0.3) is 5.76 Å². The number of benzene rings is 2. The number of likely N-dealkylation sites (tertiary alicyclic amines) is 1. The highest BCUT2D eigenvalue weighted by Crippen LogP contribution is 2.42. The van der Waals surface area contributed by atoms with Gasteiger partial charge < -0.3 is 29.1 Å². The first-order valence-corrected chi connectivity index (χ1v) is 12.5. The lowest BCUT2D eigenvalue weighted by Gasteiger charge is -2.26. The van der Waals surface area contributed by atoms with Gasteiger partial charge in [0, 0.05) is 12.1 Å². The number of hydrogen-bond acceptors (Lipinski definition) is 7. The second-order valence-electron chi connectivity index (χ2n) is 9.95. The molecule has 2 aromatic rings. The predicted octanol–water partition coefficient (Wildman–Crippen LogP) is 4.42. The standard InChI is InChI=1S/C29H38N2O6/c1-18(2)17-37-22-11-10-21(15-19(22)3)27(32)25-26(20-9-12-23(35-6)24(16-20)36-7)31(29(34)28(25)33)14-8-13-30(4)5/h9-12,15-16,18,26,32H,8,13-14,17H2,1-7H3/b27-25+. The number of nitrogens with zero attached hydrogens (tertiary/aromatic N) is 2. The van der Waals surface area contributed by atoms with Crippen LogP contribution < -0.4 is 14.2 Å². The van der Waals surface area contributed by atoms with Gasteiger partial charge in [-0.05, 0) is 81.4 Å². The summed E-state index contributed by atoms with van der Waals surface area (Å²) in [6.45, 7) is 7.71. The summed E-state index contributed by atoms with van der Waals surface area (Å²) in [5.41, 5.74) is 1.98. The molecule has 0 bridgehead atoms. The Morgan fingerprint density at radius 3 is 2.30 bits per heavy atom. The van der Waals surface area contributed by atoms with Gasteiger partial charge in [0.05, 0.1) is 32.4 Å². The molecule has 1 saturated heterocycles. The molecule has 0 spiro atoms. The number of carbonyl (C=O) groups excluding carboxylic acids is 2. The molecule has 0 saturated carbocycles. The Morgan fingerprint density at radius 1 is 1.03 bits per heavy atom. The molecule has 1 heterocycles. The second kappa shape index (κ2) is 12.1. The Hall–Kier alpha value is -3.52. The van der Waals surface area contributed by atoms with Gasteiger partial charge in [-0.2, -0.15) is 0 Å². The van der Waals surface area contributed by atoms with Crippen LogP contribution in [-0.4, -0.2) is 74.6 Å². The van der Waals surface area contributed by atoms with Crippen molar-refractivity contribution in [1.82, 2.24) is 9.80 Å². The van der Waals surface area contributed by atoms with Gasteiger partial charge in [0.25, 0.3) is 11.7 Å². The first kappa shape index (κ1) is 28.1. The summed E-state index contributed by atoms with van der Waals surface area (Å²) in [5.74, 6) is 0.536. The molecule has 1 aliphatic heterocycles. The van der Waals surface area contributed by atoms with Crippen molar-refractivity contribution in [2.24, 2.45) is 5.92 Å². The zero-order chi connectivity index (χ0) is 27.3. The van der Waals surface area contributed by atoms with Gasteiger partial charge in [0.1, 0.15) is 11.5 Å². The van der Waals surface area contributed by atoms with Crippen molar-refractivity contribution in [3.05, 3.63) is 58.7 Å². The lowest BCUT2D eigenvalue weighted by atomic mass is 9.94. The van der Waals surface area contributed by atoms with Crippen molar-refractivity contribution in [3.8, 4) is 17.2 Å². The van der Waals surface area contributed by atoms with Crippen LogP contribution in [-0.2, 0) is 9.59 Å². The minimum atomic E-state index is -0.765. The van der Waals surface area contributed by atoms with Gasteiger partial charge in [-0.1, -0.05) is 19.9 Å². The summed E-state index contributed by atoms with van der Waals surface area (Å²) >= 11 is 0. The summed E-state index contributed by atoms with van der Waals surface area (Å²) in [4.78, 5) is 30.1. The first-order chi connectivity index (χ1) is 17.6. The molecule has 8 nitrogen and oxygen atoms in total. The molecule has 0 aromatic heterocycles. The predicted molar refractivity (Wildman–Crippen MR) is 143 cm³/mol. The van der Waals surface area contributed by atoms with Crippen molar-refractivity contribution in [1.29, 1.82) is 0 Å². The van der Waals surface area contributed by atoms with Gasteiger partial charge in [0.2, 0.25) is 0 Å². The summed E-state index contributed by atoms with van der Waals surface area (Å²) in [5, 5.41) is 11.4. The molecule has 1 aliphatic rings. The molecule has 1 atom stereocenters. The number of methoxy groups -OCH3 is 2. The lowest BCUT2D eigenvalue weighted by molar-refractivity contribution is -0.139. The minimum Gasteiger partial charge on any atom is -0.507 e. The average Bonchev–Trinajstić information content (AvgIpc) is 3.11. The summed E-state index contributed by atoms with van der Waals surface area (Å²) in [6.07, 6.45) is 0.671. The molecular formula is C29H38N2O6. The average molecular weight is 511 g/mol. The van der Waals surface area contributed by atoms with Gasteiger partial charge in [-0.3, -0.25) is 9.59 Å². The topological polar surface area (TPSA) is 88.5 Å². The quantitative estimate of drug-likeness (QED) is 0.272. The SMILES string of the molecule is COc1ccc(C2/C(=C(\O)c3ccc(OCC(C)C)c(C)c3)C(=O)C(=O)N2CCCN(C)C)cc1OC. The van der Waals surface area contributed by atoms with Crippen molar-refractivity contribution in [2.75, 3.05) is 48.0 Å². The van der Waals surface area contributed by atoms with Gasteiger partial charge in [-0.15, -0.1) is 0 Å². The third-order valence-corrected chi connectivity index (χ3v) is 6.29. The number of aliphatic hydroxyl groups is 1. The Labute approximate surface area is 219 Å². The minimum absolute atomic E-state index is 0.0531. The van der Waals surface area contributed by atoms with Crippen LogP contribution in [0.3, 0.4) is 0 Å². The van der Waals surface area contributed by atoms with E-state index in [1.165, 1.54) is 12.0 Å². The van der Waals surface area contributed by atoms with Crippen LogP contribution in [0.1, 0.15) is 43.0 Å². The molecule has 3 rings (SSSR count). The van der Waals surface area contributed by atoms with E-state index in [0.717, 1.165) is 12.1 Å². The molecule has 1 unspecified atom stereocenters. The fourth-order valence-electron chi connectivity index (χ4n) is 4.41. The Bertz CT molecular complexity index is 1170. The molecular weight excluding hydrogens is 472 g/mol. The number of amides is 1. The smallest absolute Gasteiger partial charge is 0.295 e. The Morgan fingerprint density at radius 2 is 1.70 bits per heavy atom. The fraction of sp³-hybridized carbons (Fsp3) is 0.448. The van der Waals surface area contributed by atoms with E-state index in [1.807, 2.05) is 25.9 Å². The first-order valence-electron chi connectivity index (χ1n) is 12.5. The summed E-state index contributed by atoms with van der Waals surface area (Å²) in [6, 6.07) is 9.77. The lowest BCUT2D eigenvalue weighted by Crippen LogP contribution is -2.32. The molecule has 2 aromatic carbocycles. The fourth-order valence-corrected chi connectivity index (χ4v) is 4.41. The Kier molecular flexibility index (Phi) is 9.21. The van der Waals surface area contributed by atoms with Gasteiger partial charge >= 0.3 is 0 Å². The molecule has 0 aliphatic carbocycles. The third kappa shape index (κ3) is 6.25. The third-order valence-electron chi connectivity index (χ3n) is 6.29. The molecule has 8 heteroatoms. The monoisotopic (exact) mass is 510 g/mol. The number of ketones is 1. The van der Waals surface area contributed by atoms with Crippen molar-refractivity contribution < 1.29 is 28.9 Å². The van der Waals surface area contributed by atoms with Crippen molar-refractivity contribution in [3.63, 3.8) is 0 Å². The number of aliphatic hydroxyl groups excluding tert-OH is 1. The van der Waals surface area contributed by atoms with E-state index in [2.05, 4.69) is 13.8 Å². The number of ether oxygens (including phenoxy) is 3. The van der Waals surface area contributed by atoms with E-state index in [4.69, 9.17) is 14.2 Å². The summed E-state index contributed by atoms with van der Waals surface area (Å²) in [7, 11) is 6.98. The highest BCUT2D eigenvalue weighted by Gasteiger charge is 2.46. The Balaban J connectivity index is 2.10. The molecule has 37 heavy (non-hydrogen) atoms. The number of carbonyl (C=O) groups is 2. The van der Waals surface area contributed by atoms with Crippen LogP contribution >= 0.6 is 0 Å². The van der Waals surface area contributed by atoms with E-state index in [9.17, 15) is 14.7 Å². The van der Waals surface area contributed by atoms with Crippen LogP contribution in [0, 0.1) is 12.8 Å². The van der Waals surface area contributed by atoms with Crippen LogP contribution in [0.5, 0.6) is 17.2 Å². The number of aryl methyl sites for hydroxylation is 1. The highest BCUT2D eigenvalue weighted by molar-refractivity contribution is 6.46. The maximum Gasteiger partial charge on any atom is 0.295 e. The molecule has 1 amide bonds. The van der Waals surface area contributed by atoms with Crippen LogP contribution in [0.4, 0.5) is 0 Å². The van der Waals surface area contributed by atoms with E-state index in [1.54, 1.807) is 43.5 Å². The number of Topliss-reactive ketones (excluding diaryl/α,β-unsaturated/α-hetero) is 1. The molecule has 1 fully saturated rings. The van der Waals surface area contributed by atoms with Crippen LogP contribution in [0.2, 0.25) is 0 Å². The molecule has 200 valence electrons. The normalized spacial score (nSPS) is 17.1.